The Hall–Kier alpha value is -3.14. The molecule has 4 nitrogen and oxygen atoms in total. The largest absolute Gasteiger partial charge is 0.370 e. The van der Waals surface area contributed by atoms with E-state index in [1.165, 1.54) is 22.9 Å². The predicted octanol–water partition coefficient (Wildman–Crippen LogP) is 3.48. The van der Waals surface area contributed by atoms with E-state index in [-0.39, 0.29) is 0 Å². The van der Waals surface area contributed by atoms with E-state index < -0.39 is 5.91 Å². The van der Waals surface area contributed by atoms with Crippen LogP contribution in [0.25, 0.3) is 11.1 Å². The molecule has 4 heteroatoms. The van der Waals surface area contributed by atoms with Crippen LogP contribution in [-0.4, -0.2) is 17.9 Å². The Balaban J connectivity index is 1.94. The van der Waals surface area contributed by atoms with Gasteiger partial charge in [0.25, 0.3) is 5.91 Å². The summed E-state index contributed by atoms with van der Waals surface area (Å²) in [4.78, 5) is 17.6. The van der Waals surface area contributed by atoms with Gasteiger partial charge in [0.1, 0.15) is 0 Å². The van der Waals surface area contributed by atoms with Gasteiger partial charge in [-0.1, -0.05) is 54.6 Å². The van der Waals surface area contributed by atoms with E-state index in [1.54, 1.807) is 6.20 Å². The summed E-state index contributed by atoms with van der Waals surface area (Å²) in [5, 5.41) is 0. The van der Waals surface area contributed by atoms with Gasteiger partial charge in [-0.05, 0) is 22.8 Å². The maximum atomic E-state index is 11.6. The number of hydrogen-bond donors (Lipinski definition) is 1. The first-order chi connectivity index (χ1) is 11.7. The zero-order chi connectivity index (χ0) is 16.9. The molecule has 24 heavy (non-hydrogen) atoms. The second kappa shape index (κ2) is 6.96. The number of benzene rings is 2. The number of carbonyl (C=O) groups is 1. The molecule has 1 amide bonds. The third-order valence-corrected chi connectivity index (χ3v) is 3.98. The van der Waals surface area contributed by atoms with Gasteiger partial charge in [0.2, 0.25) is 0 Å². The number of carbonyl (C=O) groups excluding carboxylic acids is 1. The van der Waals surface area contributed by atoms with Crippen molar-refractivity contribution in [2.75, 3.05) is 11.9 Å². The molecule has 1 aromatic heterocycles. The molecule has 0 atom stereocenters. The maximum Gasteiger partial charge on any atom is 0.252 e. The highest BCUT2D eigenvalue weighted by Gasteiger charge is 2.13. The molecule has 3 rings (SSSR count). The third-order valence-electron chi connectivity index (χ3n) is 3.98. The lowest BCUT2D eigenvalue weighted by Gasteiger charge is -2.23. The number of rotatable bonds is 5. The highest BCUT2D eigenvalue weighted by Crippen LogP contribution is 2.26. The number of amides is 1. The van der Waals surface area contributed by atoms with Gasteiger partial charge in [0, 0.05) is 26.0 Å². The van der Waals surface area contributed by atoms with Crippen molar-refractivity contribution in [2.45, 2.75) is 6.54 Å². The quantitative estimate of drug-likeness (QED) is 0.783. The zero-order valence-electron chi connectivity index (χ0n) is 13.5. The lowest BCUT2D eigenvalue weighted by atomic mass is 9.99. The standard InChI is InChI=1S/C20H19N3O/c1-23(19-11-12-22-13-18(19)20(21)24)14-16-9-5-6-10-17(16)15-7-3-2-4-8-15/h2-13H,14H2,1H3,(H2,21,24). The average Bonchev–Trinajstić information content (AvgIpc) is 2.63. The van der Waals surface area contributed by atoms with Gasteiger partial charge in [0.05, 0.1) is 11.3 Å². The zero-order valence-corrected chi connectivity index (χ0v) is 13.5. The van der Waals surface area contributed by atoms with Gasteiger partial charge in [0.15, 0.2) is 0 Å². The van der Waals surface area contributed by atoms with Crippen LogP contribution in [0, 0.1) is 0 Å². The van der Waals surface area contributed by atoms with Crippen LogP contribution in [0.5, 0.6) is 0 Å². The molecule has 0 unspecified atom stereocenters. The van der Waals surface area contributed by atoms with Crippen LogP contribution in [0.2, 0.25) is 0 Å². The fourth-order valence-corrected chi connectivity index (χ4v) is 2.81. The maximum absolute atomic E-state index is 11.6. The van der Waals surface area contributed by atoms with E-state index >= 15 is 0 Å². The summed E-state index contributed by atoms with van der Waals surface area (Å²) >= 11 is 0. The van der Waals surface area contributed by atoms with Gasteiger partial charge in [-0.3, -0.25) is 9.78 Å². The first-order valence-corrected chi connectivity index (χ1v) is 7.75. The molecular weight excluding hydrogens is 298 g/mol. The van der Waals surface area contributed by atoms with Crippen LogP contribution >= 0.6 is 0 Å². The van der Waals surface area contributed by atoms with Crippen molar-refractivity contribution in [3.05, 3.63) is 84.2 Å². The smallest absolute Gasteiger partial charge is 0.252 e. The van der Waals surface area contributed by atoms with E-state index in [4.69, 9.17) is 5.73 Å². The topological polar surface area (TPSA) is 59.2 Å². The highest BCUT2D eigenvalue weighted by atomic mass is 16.1. The molecule has 120 valence electrons. The number of nitrogens with two attached hydrogens (primary N) is 1. The van der Waals surface area contributed by atoms with E-state index in [0.29, 0.717) is 12.1 Å². The molecule has 0 saturated carbocycles. The molecule has 0 fully saturated rings. The lowest BCUT2D eigenvalue weighted by molar-refractivity contribution is 0.100. The number of pyridine rings is 1. The molecule has 0 aliphatic heterocycles. The first-order valence-electron chi connectivity index (χ1n) is 7.75. The van der Waals surface area contributed by atoms with Crippen LogP contribution in [-0.2, 0) is 6.54 Å². The molecule has 2 N–H and O–H groups in total. The number of nitrogens with zero attached hydrogens (tertiary/aromatic N) is 2. The minimum Gasteiger partial charge on any atom is -0.370 e. The molecule has 1 heterocycles. The van der Waals surface area contributed by atoms with Crippen molar-refractivity contribution >= 4 is 11.6 Å². The summed E-state index contributed by atoms with van der Waals surface area (Å²) in [5.74, 6) is -0.471. The Morgan fingerprint density at radius 2 is 1.75 bits per heavy atom. The van der Waals surface area contributed by atoms with Gasteiger partial charge >= 0.3 is 0 Å². The summed E-state index contributed by atoms with van der Waals surface area (Å²) < 4.78 is 0. The normalized spacial score (nSPS) is 10.4. The van der Waals surface area contributed by atoms with E-state index in [1.807, 2.05) is 48.3 Å². The molecule has 3 aromatic rings. The van der Waals surface area contributed by atoms with Crippen molar-refractivity contribution in [3.8, 4) is 11.1 Å². The molecular formula is C20H19N3O. The van der Waals surface area contributed by atoms with Crippen LogP contribution in [0.15, 0.2) is 73.1 Å². The molecule has 0 radical (unpaired) electrons. The number of aromatic nitrogens is 1. The molecule has 2 aromatic carbocycles. The molecule has 0 aliphatic rings. The summed E-state index contributed by atoms with van der Waals surface area (Å²) in [6, 6.07) is 20.3. The molecule has 0 spiro atoms. The Kier molecular flexibility index (Phi) is 4.57. The SMILES string of the molecule is CN(Cc1ccccc1-c1ccccc1)c1ccncc1C(N)=O. The monoisotopic (exact) mass is 317 g/mol. The van der Waals surface area contributed by atoms with E-state index in [0.717, 1.165) is 5.69 Å². The summed E-state index contributed by atoms with van der Waals surface area (Å²) in [5.41, 5.74) is 10.2. The fourth-order valence-electron chi connectivity index (χ4n) is 2.81. The minimum atomic E-state index is -0.471. The second-order valence-electron chi connectivity index (χ2n) is 5.64. The second-order valence-corrected chi connectivity index (χ2v) is 5.64. The van der Waals surface area contributed by atoms with Gasteiger partial charge < -0.3 is 10.6 Å². The van der Waals surface area contributed by atoms with E-state index in [2.05, 4.69) is 29.2 Å². The molecule has 0 aliphatic carbocycles. The Morgan fingerprint density at radius 3 is 2.50 bits per heavy atom. The Bertz CT molecular complexity index is 846. The summed E-state index contributed by atoms with van der Waals surface area (Å²) in [7, 11) is 1.95. The Labute approximate surface area is 141 Å². The summed E-state index contributed by atoms with van der Waals surface area (Å²) in [6.07, 6.45) is 3.18. The molecule has 0 saturated heterocycles. The average molecular weight is 317 g/mol. The molecule has 0 bridgehead atoms. The van der Waals surface area contributed by atoms with Crippen LogP contribution in [0.4, 0.5) is 5.69 Å². The Morgan fingerprint density at radius 1 is 1.04 bits per heavy atom. The van der Waals surface area contributed by atoms with Crippen molar-refractivity contribution in [1.82, 2.24) is 4.98 Å². The number of primary amides is 1. The number of hydrogen-bond acceptors (Lipinski definition) is 3. The van der Waals surface area contributed by atoms with Crippen LogP contribution < -0.4 is 10.6 Å². The van der Waals surface area contributed by atoms with Crippen molar-refractivity contribution < 1.29 is 4.79 Å². The summed E-state index contributed by atoms with van der Waals surface area (Å²) in [6.45, 7) is 0.662. The van der Waals surface area contributed by atoms with Crippen molar-refractivity contribution in [3.63, 3.8) is 0 Å². The van der Waals surface area contributed by atoms with Gasteiger partial charge in [-0.15, -0.1) is 0 Å². The van der Waals surface area contributed by atoms with Crippen molar-refractivity contribution in [2.24, 2.45) is 5.73 Å². The van der Waals surface area contributed by atoms with Crippen LogP contribution in [0.3, 0.4) is 0 Å². The first kappa shape index (κ1) is 15.7. The van der Waals surface area contributed by atoms with Crippen LogP contribution in [0.1, 0.15) is 15.9 Å². The van der Waals surface area contributed by atoms with Crippen molar-refractivity contribution in [1.29, 1.82) is 0 Å². The van der Waals surface area contributed by atoms with E-state index in [9.17, 15) is 4.79 Å². The number of anilines is 1. The van der Waals surface area contributed by atoms with Gasteiger partial charge in [-0.2, -0.15) is 0 Å². The highest BCUT2D eigenvalue weighted by molar-refractivity contribution is 5.98. The van der Waals surface area contributed by atoms with Gasteiger partial charge in [-0.25, -0.2) is 0 Å². The fraction of sp³-hybridized carbons (Fsp3) is 0.100. The predicted molar refractivity (Wildman–Crippen MR) is 96.7 cm³/mol. The third kappa shape index (κ3) is 3.27. The lowest BCUT2D eigenvalue weighted by Crippen LogP contribution is -2.22. The minimum absolute atomic E-state index is 0.428.